The molecule has 1 fully saturated rings. The Balaban J connectivity index is 2.05. The Bertz CT molecular complexity index is 601. The fourth-order valence-corrected chi connectivity index (χ4v) is 2.69. The van der Waals surface area contributed by atoms with Gasteiger partial charge in [-0.3, -0.25) is 19.8 Å². The minimum atomic E-state index is -0.560. The lowest BCUT2D eigenvalue weighted by molar-refractivity contribution is -0.385. The zero-order valence-corrected chi connectivity index (χ0v) is 14.2. The van der Waals surface area contributed by atoms with Gasteiger partial charge in [-0.2, -0.15) is 0 Å². The molecule has 1 aliphatic rings. The molecule has 2 rings (SSSR count). The second-order valence-electron chi connectivity index (χ2n) is 5.79. The van der Waals surface area contributed by atoms with Crippen molar-refractivity contribution in [2.45, 2.75) is 25.9 Å². The van der Waals surface area contributed by atoms with Crippen molar-refractivity contribution in [1.82, 2.24) is 10.2 Å². The number of amides is 1. The Hall–Kier alpha value is -2.19. The number of ether oxygens (including phenoxy) is 2. The second kappa shape index (κ2) is 8.07. The average molecular weight is 337 g/mol. The molecule has 0 spiro atoms. The van der Waals surface area contributed by atoms with E-state index in [4.69, 9.17) is 9.47 Å². The average Bonchev–Trinajstić information content (AvgIpc) is 2.60. The maximum absolute atomic E-state index is 12.4. The minimum absolute atomic E-state index is 0.100. The molecule has 0 saturated carbocycles. The first-order valence-corrected chi connectivity index (χ1v) is 7.89. The fourth-order valence-electron chi connectivity index (χ4n) is 2.69. The van der Waals surface area contributed by atoms with Crippen LogP contribution in [0.2, 0.25) is 0 Å². The molecule has 1 amide bonds. The number of benzene rings is 1. The van der Waals surface area contributed by atoms with E-state index >= 15 is 0 Å². The van der Waals surface area contributed by atoms with Crippen LogP contribution in [0.25, 0.3) is 0 Å². The standard InChI is InChI=1S/C16H23N3O5/c1-11(12(2)18-6-8-24-9-7-18)17-16(20)13-4-5-15(23-3)14(10-13)19(21)22/h4-5,10-12H,6-9H2,1-3H3,(H,17,20). The highest BCUT2D eigenvalue weighted by atomic mass is 16.6. The van der Waals surface area contributed by atoms with Gasteiger partial charge < -0.3 is 14.8 Å². The van der Waals surface area contributed by atoms with Gasteiger partial charge in [-0.05, 0) is 26.0 Å². The number of methoxy groups -OCH3 is 1. The molecule has 1 saturated heterocycles. The molecule has 0 aliphatic carbocycles. The predicted molar refractivity (Wildman–Crippen MR) is 88.4 cm³/mol. The van der Waals surface area contributed by atoms with E-state index in [1.165, 1.54) is 25.3 Å². The number of carbonyl (C=O) groups is 1. The molecule has 1 aromatic rings. The Morgan fingerprint density at radius 2 is 2.04 bits per heavy atom. The molecular weight excluding hydrogens is 314 g/mol. The molecule has 8 heteroatoms. The largest absolute Gasteiger partial charge is 0.490 e. The quantitative estimate of drug-likeness (QED) is 0.623. The van der Waals surface area contributed by atoms with Gasteiger partial charge in [-0.1, -0.05) is 0 Å². The maximum atomic E-state index is 12.4. The number of hydrogen-bond donors (Lipinski definition) is 1. The summed E-state index contributed by atoms with van der Waals surface area (Å²) in [5, 5.41) is 14.0. The van der Waals surface area contributed by atoms with Crippen LogP contribution in [0.1, 0.15) is 24.2 Å². The highest BCUT2D eigenvalue weighted by Crippen LogP contribution is 2.27. The van der Waals surface area contributed by atoms with Gasteiger partial charge in [0.05, 0.1) is 25.2 Å². The summed E-state index contributed by atoms with van der Waals surface area (Å²) in [6, 6.07) is 4.24. The van der Waals surface area contributed by atoms with Gasteiger partial charge in [-0.15, -0.1) is 0 Å². The first kappa shape index (κ1) is 18.2. The number of nitrogens with one attached hydrogen (secondary N) is 1. The molecule has 2 atom stereocenters. The van der Waals surface area contributed by atoms with Crippen LogP contribution in [0.4, 0.5) is 5.69 Å². The Morgan fingerprint density at radius 3 is 2.62 bits per heavy atom. The van der Waals surface area contributed by atoms with Crippen molar-refractivity contribution in [3.8, 4) is 5.75 Å². The highest BCUT2D eigenvalue weighted by molar-refractivity contribution is 5.95. The van der Waals surface area contributed by atoms with Gasteiger partial charge in [0.1, 0.15) is 0 Å². The molecule has 24 heavy (non-hydrogen) atoms. The van der Waals surface area contributed by atoms with E-state index in [2.05, 4.69) is 10.2 Å². The molecular formula is C16H23N3O5. The topological polar surface area (TPSA) is 93.9 Å². The molecule has 0 aromatic heterocycles. The Labute approximate surface area is 140 Å². The monoisotopic (exact) mass is 337 g/mol. The molecule has 1 N–H and O–H groups in total. The summed E-state index contributed by atoms with van der Waals surface area (Å²) in [6.07, 6.45) is 0. The predicted octanol–water partition coefficient (Wildman–Crippen LogP) is 1.44. The van der Waals surface area contributed by atoms with Gasteiger partial charge in [-0.25, -0.2) is 0 Å². The summed E-state index contributed by atoms with van der Waals surface area (Å²) in [5.74, 6) is -0.209. The molecule has 0 bridgehead atoms. The molecule has 132 valence electrons. The lowest BCUT2D eigenvalue weighted by Crippen LogP contribution is -2.52. The normalized spacial score (nSPS) is 17.8. The van der Waals surface area contributed by atoms with Gasteiger partial charge >= 0.3 is 5.69 Å². The Kier molecular flexibility index (Phi) is 6.10. The van der Waals surface area contributed by atoms with Gasteiger partial charge in [0.2, 0.25) is 0 Å². The maximum Gasteiger partial charge on any atom is 0.311 e. The van der Waals surface area contributed by atoms with Crippen LogP contribution in [0.15, 0.2) is 18.2 Å². The first-order chi connectivity index (χ1) is 11.4. The number of hydrogen-bond acceptors (Lipinski definition) is 6. The zero-order valence-electron chi connectivity index (χ0n) is 14.2. The van der Waals surface area contributed by atoms with E-state index in [0.717, 1.165) is 13.1 Å². The van der Waals surface area contributed by atoms with Crippen LogP contribution >= 0.6 is 0 Å². The van der Waals surface area contributed by atoms with Crippen LogP contribution in [0.3, 0.4) is 0 Å². The van der Waals surface area contributed by atoms with Crippen LogP contribution < -0.4 is 10.1 Å². The summed E-state index contributed by atoms with van der Waals surface area (Å²) in [4.78, 5) is 25.2. The summed E-state index contributed by atoms with van der Waals surface area (Å²) in [6.45, 7) is 7.01. The number of nitro groups is 1. The molecule has 1 heterocycles. The minimum Gasteiger partial charge on any atom is -0.490 e. The number of nitro benzene ring substituents is 1. The van der Waals surface area contributed by atoms with E-state index in [1.54, 1.807) is 0 Å². The van der Waals surface area contributed by atoms with Crippen molar-refractivity contribution < 1.29 is 19.2 Å². The van der Waals surface area contributed by atoms with E-state index < -0.39 is 4.92 Å². The van der Waals surface area contributed by atoms with Crippen molar-refractivity contribution in [3.63, 3.8) is 0 Å². The van der Waals surface area contributed by atoms with Crippen molar-refractivity contribution in [2.75, 3.05) is 33.4 Å². The summed E-state index contributed by atoms with van der Waals surface area (Å²) >= 11 is 0. The van der Waals surface area contributed by atoms with Crippen LogP contribution in [0.5, 0.6) is 5.75 Å². The zero-order chi connectivity index (χ0) is 17.7. The van der Waals surface area contributed by atoms with E-state index in [9.17, 15) is 14.9 Å². The smallest absolute Gasteiger partial charge is 0.311 e. The fraction of sp³-hybridized carbons (Fsp3) is 0.562. The lowest BCUT2D eigenvalue weighted by Gasteiger charge is -2.35. The highest BCUT2D eigenvalue weighted by Gasteiger charge is 2.24. The molecule has 0 radical (unpaired) electrons. The molecule has 1 aliphatic heterocycles. The summed E-state index contributed by atoms with van der Waals surface area (Å²) in [5.41, 5.74) is 0.0163. The van der Waals surface area contributed by atoms with Crippen molar-refractivity contribution in [1.29, 1.82) is 0 Å². The van der Waals surface area contributed by atoms with Crippen LogP contribution in [-0.2, 0) is 4.74 Å². The van der Waals surface area contributed by atoms with Crippen LogP contribution in [-0.4, -0.2) is 61.2 Å². The van der Waals surface area contributed by atoms with Crippen molar-refractivity contribution >= 4 is 11.6 Å². The number of nitrogens with zero attached hydrogens (tertiary/aromatic N) is 2. The third-order valence-corrected chi connectivity index (χ3v) is 4.34. The second-order valence-corrected chi connectivity index (χ2v) is 5.79. The third-order valence-electron chi connectivity index (χ3n) is 4.34. The Morgan fingerprint density at radius 1 is 1.38 bits per heavy atom. The first-order valence-electron chi connectivity index (χ1n) is 7.89. The lowest BCUT2D eigenvalue weighted by atomic mass is 10.1. The molecule has 8 nitrogen and oxygen atoms in total. The summed E-state index contributed by atoms with van der Waals surface area (Å²) < 4.78 is 10.3. The summed E-state index contributed by atoms with van der Waals surface area (Å²) in [7, 11) is 1.36. The van der Waals surface area contributed by atoms with Crippen LogP contribution in [0, 0.1) is 10.1 Å². The molecule has 1 aromatic carbocycles. The van der Waals surface area contributed by atoms with Gasteiger partial charge in [0.25, 0.3) is 5.91 Å². The van der Waals surface area contributed by atoms with E-state index in [-0.39, 0.29) is 35.0 Å². The number of carbonyl (C=O) groups excluding carboxylic acids is 1. The van der Waals surface area contributed by atoms with E-state index in [0.29, 0.717) is 13.2 Å². The van der Waals surface area contributed by atoms with Gasteiger partial charge in [0, 0.05) is 36.8 Å². The van der Waals surface area contributed by atoms with E-state index in [1.807, 2.05) is 13.8 Å². The third kappa shape index (κ3) is 4.21. The SMILES string of the molecule is COc1ccc(C(=O)NC(C)C(C)N2CCOCC2)cc1[N+](=O)[O-]. The van der Waals surface area contributed by atoms with Crippen molar-refractivity contribution in [2.24, 2.45) is 0 Å². The number of rotatable bonds is 6. The number of morpholine rings is 1. The van der Waals surface area contributed by atoms with Crippen molar-refractivity contribution in [3.05, 3.63) is 33.9 Å². The van der Waals surface area contributed by atoms with Gasteiger partial charge in [0.15, 0.2) is 5.75 Å². The molecule has 2 unspecified atom stereocenters.